The highest BCUT2D eigenvalue weighted by Gasteiger charge is 2.04. The van der Waals surface area contributed by atoms with Crippen molar-refractivity contribution in [2.24, 2.45) is 5.10 Å². The third-order valence-corrected chi connectivity index (χ3v) is 3.11. The number of nitrogens with zero attached hydrogens (tertiary/aromatic N) is 2. The average molecular weight is 294 g/mol. The van der Waals surface area contributed by atoms with E-state index in [1.165, 1.54) is 6.21 Å². The summed E-state index contributed by atoms with van der Waals surface area (Å²) in [4.78, 5) is 19.3. The van der Waals surface area contributed by atoms with E-state index in [1.54, 1.807) is 31.4 Å². The van der Waals surface area contributed by atoms with Crippen LogP contribution in [-0.2, 0) is 0 Å². The number of aromatic amines is 1. The van der Waals surface area contributed by atoms with Crippen molar-refractivity contribution in [3.8, 4) is 5.75 Å². The fraction of sp³-hybridized carbons (Fsp3) is 0.0625. The molecule has 2 N–H and O–H groups in total. The van der Waals surface area contributed by atoms with Crippen molar-refractivity contribution in [1.29, 1.82) is 0 Å². The maximum absolute atomic E-state index is 11.9. The Labute approximate surface area is 126 Å². The van der Waals surface area contributed by atoms with Gasteiger partial charge in [0.1, 0.15) is 5.75 Å². The molecule has 6 nitrogen and oxygen atoms in total. The van der Waals surface area contributed by atoms with Gasteiger partial charge in [-0.25, -0.2) is 10.4 Å². The van der Waals surface area contributed by atoms with Crippen LogP contribution in [0.4, 0.5) is 0 Å². The molecule has 1 heterocycles. The van der Waals surface area contributed by atoms with Gasteiger partial charge in [-0.2, -0.15) is 5.10 Å². The Morgan fingerprint density at radius 1 is 1.23 bits per heavy atom. The number of imidazole rings is 1. The van der Waals surface area contributed by atoms with Gasteiger partial charge in [0.25, 0.3) is 5.91 Å². The van der Waals surface area contributed by atoms with Crippen LogP contribution in [0, 0.1) is 0 Å². The highest BCUT2D eigenvalue weighted by molar-refractivity contribution is 5.95. The van der Waals surface area contributed by atoms with Crippen molar-refractivity contribution >= 4 is 23.2 Å². The molecule has 0 radical (unpaired) electrons. The Balaban J connectivity index is 1.66. The lowest BCUT2D eigenvalue weighted by atomic mass is 10.2. The van der Waals surface area contributed by atoms with E-state index in [2.05, 4.69) is 20.5 Å². The molecule has 0 unspecified atom stereocenters. The summed E-state index contributed by atoms with van der Waals surface area (Å²) in [6.07, 6.45) is 1.47. The number of H-pyrrole nitrogens is 1. The van der Waals surface area contributed by atoms with Crippen LogP contribution in [0.5, 0.6) is 5.75 Å². The summed E-state index contributed by atoms with van der Waals surface area (Å²) in [6, 6.07) is 14.4. The van der Waals surface area contributed by atoms with E-state index < -0.39 is 0 Å². The molecule has 0 saturated heterocycles. The standard InChI is InChI=1S/C16H14N4O2/c1-22-12-8-6-11(7-9-12)16(21)20-17-10-15-18-13-4-2-3-5-14(13)19-15/h2-10H,1H3,(H,18,19)(H,20,21). The minimum atomic E-state index is -0.296. The lowest BCUT2D eigenvalue weighted by Crippen LogP contribution is -2.17. The van der Waals surface area contributed by atoms with Crippen molar-refractivity contribution < 1.29 is 9.53 Å². The van der Waals surface area contributed by atoms with Gasteiger partial charge in [0, 0.05) is 5.56 Å². The summed E-state index contributed by atoms with van der Waals surface area (Å²) in [5, 5.41) is 3.91. The maximum atomic E-state index is 11.9. The second kappa shape index (κ2) is 6.09. The van der Waals surface area contributed by atoms with E-state index in [0.717, 1.165) is 11.0 Å². The lowest BCUT2D eigenvalue weighted by Gasteiger charge is -2.01. The molecule has 0 spiro atoms. The van der Waals surface area contributed by atoms with Crippen LogP contribution in [-0.4, -0.2) is 29.2 Å². The molecule has 1 amide bonds. The number of para-hydroxylation sites is 2. The fourth-order valence-electron chi connectivity index (χ4n) is 1.99. The predicted octanol–water partition coefficient (Wildman–Crippen LogP) is 2.34. The second-order valence-corrected chi connectivity index (χ2v) is 4.57. The summed E-state index contributed by atoms with van der Waals surface area (Å²) in [6.45, 7) is 0. The number of ether oxygens (including phenoxy) is 1. The first-order valence-electron chi connectivity index (χ1n) is 6.68. The molecule has 0 aliphatic heterocycles. The Hall–Kier alpha value is -3.15. The van der Waals surface area contributed by atoms with Crippen LogP contribution < -0.4 is 10.2 Å². The molecule has 3 aromatic rings. The number of carbonyl (C=O) groups excluding carboxylic acids is 1. The Kier molecular flexibility index (Phi) is 3.82. The summed E-state index contributed by atoms with van der Waals surface area (Å²) in [5.74, 6) is 0.980. The molecular formula is C16H14N4O2. The van der Waals surface area contributed by atoms with Crippen molar-refractivity contribution in [2.45, 2.75) is 0 Å². The third-order valence-electron chi connectivity index (χ3n) is 3.11. The van der Waals surface area contributed by atoms with Gasteiger partial charge in [0.05, 0.1) is 24.4 Å². The van der Waals surface area contributed by atoms with Crippen LogP contribution in [0.15, 0.2) is 53.6 Å². The Morgan fingerprint density at radius 2 is 2.00 bits per heavy atom. The van der Waals surface area contributed by atoms with E-state index in [4.69, 9.17) is 4.74 Å². The molecule has 110 valence electrons. The Morgan fingerprint density at radius 3 is 2.73 bits per heavy atom. The molecule has 0 saturated carbocycles. The van der Waals surface area contributed by atoms with Gasteiger partial charge in [0.15, 0.2) is 5.82 Å². The highest BCUT2D eigenvalue weighted by Crippen LogP contribution is 2.11. The average Bonchev–Trinajstić information content (AvgIpc) is 2.97. The number of rotatable bonds is 4. The van der Waals surface area contributed by atoms with Gasteiger partial charge in [-0.15, -0.1) is 0 Å². The summed E-state index contributed by atoms with van der Waals surface area (Å²) < 4.78 is 5.04. The van der Waals surface area contributed by atoms with Crippen molar-refractivity contribution in [1.82, 2.24) is 15.4 Å². The highest BCUT2D eigenvalue weighted by atomic mass is 16.5. The van der Waals surface area contributed by atoms with Gasteiger partial charge >= 0.3 is 0 Å². The number of methoxy groups -OCH3 is 1. The second-order valence-electron chi connectivity index (χ2n) is 4.57. The van der Waals surface area contributed by atoms with E-state index in [0.29, 0.717) is 17.1 Å². The number of nitrogens with one attached hydrogen (secondary N) is 2. The number of hydrogen-bond donors (Lipinski definition) is 2. The molecule has 0 aliphatic rings. The van der Waals surface area contributed by atoms with Gasteiger partial charge in [-0.05, 0) is 36.4 Å². The number of fused-ring (bicyclic) bond motifs is 1. The summed E-state index contributed by atoms with van der Waals surface area (Å²) in [7, 11) is 1.58. The van der Waals surface area contributed by atoms with E-state index in [1.807, 2.05) is 24.3 Å². The fourth-order valence-corrected chi connectivity index (χ4v) is 1.99. The SMILES string of the molecule is COc1ccc(C(=O)NN=Cc2nc3ccccc3[nH]2)cc1. The lowest BCUT2D eigenvalue weighted by molar-refractivity contribution is 0.0955. The van der Waals surface area contributed by atoms with Gasteiger partial charge in [-0.1, -0.05) is 12.1 Å². The molecule has 22 heavy (non-hydrogen) atoms. The zero-order valence-electron chi connectivity index (χ0n) is 11.9. The quantitative estimate of drug-likeness (QED) is 0.572. The molecule has 2 aromatic carbocycles. The minimum Gasteiger partial charge on any atom is -0.497 e. The van der Waals surface area contributed by atoms with Gasteiger partial charge in [0.2, 0.25) is 0 Å². The molecule has 0 atom stereocenters. The van der Waals surface area contributed by atoms with Crippen LogP contribution in [0.1, 0.15) is 16.2 Å². The van der Waals surface area contributed by atoms with Crippen LogP contribution >= 0.6 is 0 Å². The molecule has 0 fully saturated rings. The third kappa shape index (κ3) is 2.95. The number of hydrazone groups is 1. The predicted molar refractivity (Wildman–Crippen MR) is 84.1 cm³/mol. The zero-order chi connectivity index (χ0) is 15.4. The maximum Gasteiger partial charge on any atom is 0.271 e. The molecule has 6 heteroatoms. The van der Waals surface area contributed by atoms with Crippen LogP contribution in [0.3, 0.4) is 0 Å². The molecular weight excluding hydrogens is 280 g/mol. The van der Waals surface area contributed by atoms with Crippen LogP contribution in [0.2, 0.25) is 0 Å². The van der Waals surface area contributed by atoms with Gasteiger partial charge in [-0.3, -0.25) is 4.79 Å². The normalized spacial score (nSPS) is 11.0. The monoisotopic (exact) mass is 294 g/mol. The Bertz CT molecular complexity index is 789. The van der Waals surface area contributed by atoms with Crippen LogP contribution in [0.25, 0.3) is 11.0 Å². The minimum absolute atomic E-state index is 0.296. The van der Waals surface area contributed by atoms with E-state index in [-0.39, 0.29) is 5.91 Å². The molecule has 1 aromatic heterocycles. The largest absolute Gasteiger partial charge is 0.497 e. The molecule has 0 aliphatic carbocycles. The first-order valence-corrected chi connectivity index (χ1v) is 6.68. The molecule has 0 bridgehead atoms. The van der Waals surface area contributed by atoms with E-state index >= 15 is 0 Å². The molecule has 3 rings (SSSR count). The van der Waals surface area contributed by atoms with Crippen molar-refractivity contribution in [3.05, 3.63) is 59.9 Å². The number of amides is 1. The van der Waals surface area contributed by atoms with Gasteiger partial charge < -0.3 is 9.72 Å². The number of carbonyl (C=O) groups is 1. The van der Waals surface area contributed by atoms with Crippen molar-refractivity contribution in [3.63, 3.8) is 0 Å². The number of aromatic nitrogens is 2. The zero-order valence-corrected chi connectivity index (χ0v) is 11.9. The smallest absolute Gasteiger partial charge is 0.271 e. The first kappa shape index (κ1) is 13.8. The van der Waals surface area contributed by atoms with Crippen molar-refractivity contribution in [2.75, 3.05) is 7.11 Å². The summed E-state index contributed by atoms with van der Waals surface area (Å²) >= 11 is 0. The summed E-state index contributed by atoms with van der Waals surface area (Å²) in [5.41, 5.74) is 4.74. The number of hydrogen-bond acceptors (Lipinski definition) is 4. The topological polar surface area (TPSA) is 79.4 Å². The first-order chi connectivity index (χ1) is 10.8. The van der Waals surface area contributed by atoms with E-state index in [9.17, 15) is 4.79 Å². The number of benzene rings is 2.